The van der Waals surface area contributed by atoms with Crippen LogP contribution in [-0.2, 0) is 40.4 Å². The van der Waals surface area contributed by atoms with Crippen LogP contribution in [0.3, 0.4) is 0 Å². The maximum absolute atomic E-state index is 13.4. The van der Waals surface area contributed by atoms with Gasteiger partial charge >= 0.3 is 0 Å². The molecule has 2 aromatic heterocycles. The van der Waals surface area contributed by atoms with Crippen molar-refractivity contribution in [3.63, 3.8) is 0 Å². The summed E-state index contributed by atoms with van der Waals surface area (Å²) in [5.41, 5.74) is 9.18. The smallest absolute Gasteiger partial charge is 0.272 e. The van der Waals surface area contributed by atoms with Crippen molar-refractivity contribution in [1.82, 2.24) is 20.5 Å². The predicted octanol–water partition coefficient (Wildman–Crippen LogP) is 5.76. The molecule has 10 heteroatoms. The Hall–Kier alpha value is -3.31. The second-order valence-electron chi connectivity index (χ2n) is 12.2. The van der Waals surface area contributed by atoms with Crippen LogP contribution in [0.1, 0.15) is 83.0 Å². The predicted molar refractivity (Wildman–Crippen MR) is 162 cm³/mol. The van der Waals surface area contributed by atoms with Gasteiger partial charge < -0.3 is 14.5 Å². The van der Waals surface area contributed by atoms with E-state index in [4.69, 9.17) is 10.1 Å². The third-order valence-corrected chi connectivity index (χ3v) is 10.7. The lowest BCUT2D eigenvalue weighted by Crippen LogP contribution is -2.43. The number of nitrogens with zero attached hydrogens (tertiary/aromatic N) is 1. The van der Waals surface area contributed by atoms with Gasteiger partial charge in [0.05, 0.1) is 0 Å². The van der Waals surface area contributed by atoms with E-state index in [-0.39, 0.29) is 11.3 Å². The highest BCUT2D eigenvalue weighted by Gasteiger charge is 2.55. The molecule has 42 heavy (non-hydrogen) atoms. The van der Waals surface area contributed by atoms with Crippen LogP contribution in [0.2, 0.25) is 0 Å². The Morgan fingerprint density at radius 1 is 1.24 bits per heavy atom. The summed E-state index contributed by atoms with van der Waals surface area (Å²) in [6, 6.07) is 12.8. The fourth-order valence-corrected chi connectivity index (χ4v) is 8.54. The Balaban J connectivity index is 1.07. The highest BCUT2D eigenvalue weighted by atomic mass is 32.2. The fourth-order valence-electron chi connectivity index (χ4n) is 8.25. The van der Waals surface area contributed by atoms with Crippen LogP contribution in [0.25, 0.3) is 10.9 Å². The molecule has 7 rings (SSSR count). The van der Waals surface area contributed by atoms with E-state index in [9.17, 15) is 4.79 Å². The number of hydrogen-bond donors (Lipinski definition) is 4. The molecule has 9 nitrogen and oxygen atoms in total. The summed E-state index contributed by atoms with van der Waals surface area (Å²) in [4.78, 5) is 20.9. The Morgan fingerprint density at radius 2 is 2.12 bits per heavy atom. The molecule has 220 valence electrons. The zero-order chi connectivity index (χ0) is 28.8. The van der Waals surface area contributed by atoms with Crippen LogP contribution in [0, 0.1) is 11.8 Å². The zero-order valence-electron chi connectivity index (χ0n) is 24.0. The first-order chi connectivity index (χ1) is 20.5. The van der Waals surface area contributed by atoms with Gasteiger partial charge in [-0.15, -0.1) is 9.32 Å². The average Bonchev–Trinajstić information content (AvgIpc) is 3.70. The molecular weight excluding hydrogens is 550 g/mol. The third kappa shape index (κ3) is 4.52. The number of carbonyl (C=O) groups is 1. The highest BCUT2D eigenvalue weighted by Crippen LogP contribution is 2.60. The molecule has 2 heterocycles. The first-order valence-corrected chi connectivity index (χ1v) is 15.6. The molecule has 4 aromatic rings. The lowest BCUT2D eigenvalue weighted by Gasteiger charge is -2.49. The lowest BCUT2D eigenvalue weighted by atomic mass is 9.55. The van der Waals surface area contributed by atoms with E-state index in [0.717, 1.165) is 79.7 Å². The van der Waals surface area contributed by atoms with E-state index < -0.39 is 0 Å². The average molecular weight is 588 g/mol. The Kier molecular flexibility index (Phi) is 7.26. The van der Waals surface area contributed by atoms with Gasteiger partial charge in [0.25, 0.3) is 18.2 Å². The molecule has 3 unspecified atom stereocenters. The Morgan fingerprint density at radius 3 is 2.98 bits per heavy atom. The molecule has 1 fully saturated rings. The van der Waals surface area contributed by atoms with E-state index in [1.807, 2.05) is 18.3 Å². The number of benzene rings is 2. The summed E-state index contributed by atoms with van der Waals surface area (Å²) in [6.45, 7) is 5.10. The van der Waals surface area contributed by atoms with Gasteiger partial charge in [-0.05, 0) is 97.1 Å². The van der Waals surface area contributed by atoms with Crippen LogP contribution in [0.4, 0.5) is 0 Å². The quantitative estimate of drug-likeness (QED) is 0.0849. The summed E-state index contributed by atoms with van der Waals surface area (Å²) in [5.74, 6) is 7.23. The van der Waals surface area contributed by atoms with Gasteiger partial charge in [-0.2, -0.15) is 11.0 Å². The number of amides is 1. The van der Waals surface area contributed by atoms with Gasteiger partial charge in [0, 0.05) is 40.3 Å². The Labute approximate surface area is 249 Å². The summed E-state index contributed by atoms with van der Waals surface area (Å²) >= 11 is 0.733. The minimum Gasteiger partial charge on any atom is -0.398 e. The zero-order valence-corrected chi connectivity index (χ0v) is 24.8. The first kappa shape index (κ1) is 27.5. The normalized spacial score (nSPS) is 24.1. The summed E-state index contributed by atoms with van der Waals surface area (Å²) < 4.78 is 10.4. The number of H-pyrrole nitrogens is 2. The second-order valence-corrected chi connectivity index (χ2v) is 12.6. The van der Waals surface area contributed by atoms with E-state index >= 15 is 0 Å². The van der Waals surface area contributed by atoms with Crippen LogP contribution >= 0.6 is 12.3 Å². The van der Waals surface area contributed by atoms with Crippen molar-refractivity contribution in [1.29, 1.82) is 0 Å². The minimum atomic E-state index is -0.0814. The molecule has 0 aliphatic heterocycles. The lowest BCUT2D eigenvalue weighted by molar-refractivity contribution is -0.199. The van der Waals surface area contributed by atoms with Crippen molar-refractivity contribution >= 4 is 29.1 Å². The number of rotatable bonds is 9. The SMILES string of the molecule is CCc1cc2c(cc1OSOON)CCC1C2CC[C@]2(C)c3[nH]nc(C(=O)NCCc4c[nH]c5ccccc45)c3CC12. The molecule has 3 aliphatic carbocycles. The molecule has 0 bridgehead atoms. The number of aromatic amines is 2. The molecule has 4 atom stereocenters. The maximum Gasteiger partial charge on any atom is 0.272 e. The standard InChI is InChI=1S/C32H37N5O4S/c1-3-18-14-24-19(15-28(18)39-42-41-40-33)8-9-23-22(24)10-12-32(2)26(23)16-25-29(36-37-30(25)32)31(38)34-13-11-20-17-35-27-7-5-4-6-21(20)27/h4-7,14-15,17,22-23,26,35H,3,8-13,16,33H2,1-2H3,(H,34,38)(H,36,37)/t22?,23?,26?,32-/m0/s1. The van der Waals surface area contributed by atoms with Crippen LogP contribution in [0.15, 0.2) is 42.6 Å². The summed E-state index contributed by atoms with van der Waals surface area (Å²) in [7, 11) is 0. The largest absolute Gasteiger partial charge is 0.398 e. The van der Waals surface area contributed by atoms with Gasteiger partial charge in [0.15, 0.2) is 5.69 Å². The topological polar surface area (TPSA) is 127 Å². The number of hydrogen-bond acceptors (Lipinski definition) is 7. The van der Waals surface area contributed by atoms with Crippen molar-refractivity contribution in [3.05, 3.63) is 81.8 Å². The van der Waals surface area contributed by atoms with Crippen molar-refractivity contribution in [2.24, 2.45) is 17.7 Å². The molecule has 2 aromatic carbocycles. The van der Waals surface area contributed by atoms with Gasteiger partial charge in [-0.25, -0.2) is 0 Å². The van der Waals surface area contributed by atoms with Crippen molar-refractivity contribution in [3.8, 4) is 5.75 Å². The van der Waals surface area contributed by atoms with Crippen LogP contribution in [-0.4, -0.2) is 27.6 Å². The Bertz CT molecular complexity index is 1630. The number of aryl methyl sites for hydroxylation is 2. The van der Waals surface area contributed by atoms with Crippen molar-refractivity contribution < 1.29 is 18.3 Å². The number of fused-ring (bicyclic) bond motifs is 8. The van der Waals surface area contributed by atoms with E-state index in [0.29, 0.717) is 30.0 Å². The van der Waals surface area contributed by atoms with E-state index in [1.54, 1.807) is 0 Å². The molecular formula is C32H37N5O4S. The number of nitrogens with two attached hydrogens (primary N) is 1. The molecule has 1 saturated carbocycles. The van der Waals surface area contributed by atoms with Crippen LogP contribution < -0.4 is 15.4 Å². The van der Waals surface area contributed by atoms with Gasteiger partial charge in [0.2, 0.25) is 0 Å². The van der Waals surface area contributed by atoms with Gasteiger partial charge in [-0.1, -0.05) is 38.1 Å². The second kappa shape index (κ2) is 11.1. The molecule has 3 aliphatic rings. The number of carbonyl (C=O) groups excluding carboxylic acids is 1. The monoisotopic (exact) mass is 587 g/mol. The van der Waals surface area contributed by atoms with E-state index in [2.05, 4.69) is 67.9 Å². The summed E-state index contributed by atoms with van der Waals surface area (Å²) in [5, 5.41) is 12.2. The fraction of sp³-hybridized carbons (Fsp3) is 0.438. The number of aromatic nitrogens is 3. The summed E-state index contributed by atoms with van der Waals surface area (Å²) in [6.07, 6.45) is 8.90. The van der Waals surface area contributed by atoms with E-state index in [1.165, 1.54) is 27.8 Å². The molecule has 0 radical (unpaired) electrons. The van der Waals surface area contributed by atoms with Crippen molar-refractivity contribution in [2.75, 3.05) is 6.54 Å². The molecule has 1 amide bonds. The molecule has 5 N–H and O–H groups in total. The van der Waals surface area contributed by atoms with Gasteiger partial charge in [-0.3, -0.25) is 9.89 Å². The maximum atomic E-state index is 13.4. The number of para-hydroxylation sites is 1. The molecule has 0 spiro atoms. The third-order valence-electron chi connectivity index (χ3n) is 10.3. The highest BCUT2D eigenvalue weighted by molar-refractivity contribution is 7.90. The van der Waals surface area contributed by atoms with Gasteiger partial charge in [0.1, 0.15) is 5.75 Å². The van der Waals surface area contributed by atoms with Crippen LogP contribution in [0.5, 0.6) is 5.75 Å². The minimum absolute atomic E-state index is 0.0103. The van der Waals surface area contributed by atoms with Crippen molar-refractivity contribution in [2.45, 2.75) is 70.1 Å². The molecule has 0 saturated heterocycles. The first-order valence-electron chi connectivity index (χ1n) is 14.9. The number of nitrogens with one attached hydrogen (secondary N) is 3.